The van der Waals surface area contributed by atoms with Crippen molar-refractivity contribution in [1.29, 1.82) is 0 Å². The number of nitrogens with one attached hydrogen (secondary N) is 1. The SMILES string of the molecule is COc1ccc(C(C)C)cc1-c1cnc2[nH]c(=O)n(CCO)c2n1. The third kappa shape index (κ3) is 2.78. The first-order valence-electron chi connectivity index (χ1n) is 7.80. The van der Waals surface area contributed by atoms with Crippen molar-refractivity contribution in [3.63, 3.8) is 0 Å². The van der Waals surface area contributed by atoms with Crippen LogP contribution in [-0.4, -0.2) is 38.3 Å². The molecule has 3 aromatic rings. The zero-order valence-corrected chi connectivity index (χ0v) is 13.9. The standard InChI is InChI=1S/C17H20N4O3/c1-10(2)11-4-5-14(24-3)12(8-11)13-9-18-15-16(19-13)21(6-7-22)17(23)20-15/h4-5,8-10,22H,6-7H2,1-3H3,(H,18,20,23). The summed E-state index contributed by atoms with van der Waals surface area (Å²) in [4.78, 5) is 23.4. The Balaban J connectivity index is 2.20. The van der Waals surface area contributed by atoms with E-state index >= 15 is 0 Å². The van der Waals surface area contributed by atoms with Gasteiger partial charge in [-0.05, 0) is 23.6 Å². The summed E-state index contributed by atoms with van der Waals surface area (Å²) in [7, 11) is 1.61. The molecule has 2 heterocycles. The minimum atomic E-state index is -0.334. The number of imidazole rings is 1. The van der Waals surface area contributed by atoms with Crippen LogP contribution in [0, 0.1) is 0 Å². The molecule has 0 bridgehead atoms. The van der Waals surface area contributed by atoms with Crippen molar-refractivity contribution in [2.75, 3.05) is 13.7 Å². The van der Waals surface area contributed by atoms with Crippen molar-refractivity contribution >= 4 is 11.3 Å². The fraction of sp³-hybridized carbons (Fsp3) is 0.353. The molecule has 0 aliphatic rings. The number of ether oxygens (including phenoxy) is 1. The summed E-state index contributed by atoms with van der Waals surface area (Å²) >= 11 is 0. The molecule has 0 fully saturated rings. The van der Waals surface area contributed by atoms with E-state index < -0.39 is 0 Å². The zero-order valence-electron chi connectivity index (χ0n) is 13.9. The Hall–Kier alpha value is -2.67. The van der Waals surface area contributed by atoms with Crippen molar-refractivity contribution in [2.24, 2.45) is 0 Å². The molecule has 7 heteroatoms. The van der Waals surface area contributed by atoms with Crippen molar-refractivity contribution in [3.05, 3.63) is 40.4 Å². The van der Waals surface area contributed by atoms with Gasteiger partial charge in [0.1, 0.15) is 5.75 Å². The van der Waals surface area contributed by atoms with Crippen LogP contribution in [0.2, 0.25) is 0 Å². The molecule has 0 aliphatic carbocycles. The van der Waals surface area contributed by atoms with Crippen LogP contribution in [-0.2, 0) is 6.54 Å². The van der Waals surface area contributed by atoms with Gasteiger partial charge in [-0.15, -0.1) is 0 Å². The minimum absolute atomic E-state index is 0.148. The molecule has 0 saturated carbocycles. The molecule has 24 heavy (non-hydrogen) atoms. The first-order chi connectivity index (χ1) is 11.5. The number of aromatic amines is 1. The van der Waals surface area contributed by atoms with Gasteiger partial charge in [0, 0.05) is 5.56 Å². The first-order valence-corrected chi connectivity index (χ1v) is 7.80. The molecule has 0 saturated heterocycles. The van der Waals surface area contributed by atoms with Gasteiger partial charge in [-0.3, -0.25) is 9.55 Å². The van der Waals surface area contributed by atoms with E-state index in [1.54, 1.807) is 13.3 Å². The molecule has 0 spiro atoms. The highest BCUT2D eigenvalue weighted by molar-refractivity contribution is 5.74. The Morgan fingerprint density at radius 3 is 2.83 bits per heavy atom. The fourth-order valence-corrected chi connectivity index (χ4v) is 2.64. The minimum Gasteiger partial charge on any atom is -0.496 e. The highest BCUT2D eigenvalue weighted by Crippen LogP contribution is 2.32. The molecular formula is C17H20N4O3. The van der Waals surface area contributed by atoms with E-state index in [-0.39, 0.29) is 18.8 Å². The molecule has 0 aliphatic heterocycles. The summed E-state index contributed by atoms with van der Waals surface area (Å²) in [5, 5.41) is 9.15. The summed E-state index contributed by atoms with van der Waals surface area (Å²) in [6.45, 7) is 4.25. The van der Waals surface area contributed by atoms with Crippen molar-refractivity contribution in [2.45, 2.75) is 26.3 Å². The Bertz CT molecular complexity index is 927. The van der Waals surface area contributed by atoms with Gasteiger partial charge in [-0.25, -0.2) is 14.8 Å². The van der Waals surface area contributed by atoms with E-state index in [1.807, 2.05) is 18.2 Å². The summed E-state index contributed by atoms with van der Waals surface area (Å²) in [6.07, 6.45) is 1.61. The van der Waals surface area contributed by atoms with E-state index in [4.69, 9.17) is 9.84 Å². The molecule has 0 unspecified atom stereocenters. The van der Waals surface area contributed by atoms with Gasteiger partial charge in [0.25, 0.3) is 0 Å². The summed E-state index contributed by atoms with van der Waals surface area (Å²) in [5.41, 5.74) is 3.09. The van der Waals surface area contributed by atoms with Gasteiger partial charge < -0.3 is 9.84 Å². The number of hydrogen-bond donors (Lipinski definition) is 2. The zero-order chi connectivity index (χ0) is 17.3. The lowest BCUT2D eigenvalue weighted by Gasteiger charge is -2.12. The Labute approximate surface area is 139 Å². The smallest absolute Gasteiger partial charge is 0.328 e. The molecular weight excluding hydrogens is 308 g/mol. The number of aliphatic hydroxyl groups excluding tert-OH is 1. The maximum Gasteiger partial charge on any atom is 0.328 e. The first kappa shape index (κ1) is 16.2. The second-order valence-corrected chi connectivity index (χ2v) is 5.85. The molecule has 0 atom stereocenters. The predicted molar refractivity (Wildman–Crippen MR) is 91.3 cm³/mol. The topological polar surface area (TPSA) is 93.0 Å². The van der Waals surface area contributed by atoms with Crippen molar-refractivity contribution in [1.82, 2.24) is 19.5 Å². The molecule has 7 nitrogen and oxygen atoms in total. The van der Waals surface area contributed by atoms with E-state index in [0.29, 0.717) is 28.7 Å². The van der Waals surface area contributed by atoms with Gasteiger partial charge in [0.2, 0.25) is 0 Å². The molecule has 3 rings (SSSR count). The number of rotatable bonds is 5. The average molecular weight is 328 g/mol. The van der Waals surface area contributed by atoms with Gasteiger partial charge in [0.05, 0.1) is 32.2 Å². The third-order valence-corrected chi connectivity index (χ3v) is 3.97. The largest absolute Gasteiger partial charge is 0.496 e. The molecule has 2 aromatic heterocycles. The summed E-state index contributed by atoms with van der Waals surface area (Å²) in [5.74, 6) is 1.06. The van der Waals surface area contributed by atoms with Crippen LogP contribution >= 0.6 is 0 Å². The van der Waals surface area contributed by atoms with Crippen LogP contribution in [0.25, 0.3) is 22.6 Å². The highest BCUT2D eigenvalue weighted by atomic mass is 16.5. The summed E-state index contributed by atoms with van der Waals surface area (Å²) < 4.78 is 6.82. The molecule has 2 N–H and O–H groups in total. The Morgan fingerprint density at radius 1 is 1.38 bits per heavy atom. The number of aromatic nitrogens is 4. The Kier molecular flexibility index (Phi) is 4.35. The van der Waals surface area contributed by atoms with Gasteiger partial charge in [-0.2, -0.15) is 0 Å². The fourth-order valence-electron chi connectivity index (χ4n) is 2.64. The quantitative estimate of drug-likeness (QED) is 0.746. The van der Waals surface area contributed by atoms with E-state index in [9.17, 15) is 4.79 Å². The highest BCUT2D eigenvalue weighted by Gasteiger charge is 2.14. The average Bonchev–Trinajstić information content (AvgIpc) is 2.89. The van der Waals surface area contributed by atoms with E-state index in [0.717, 1.165) is 11.1 Å². The van der Waals surface area contributed by atoms with Crippen LogP contribution in [0.1, 0.15) is 25.3 Å². The lowest BCUT2D eigenvalue weighted by Crippen LogP contribution is -2.18. The number of hydrogen-bond acceptors (Lipinski definition) is 5. The van der Waals surface area contributed by atoms with Gasteiger partial charge in [-0.1, -0.05) is 19.9 Å². The number of H-pyrrole nitrogens is 1. The van der Waals surface area contributed by atoms with Crippen LogP contribution in [0.4, 0.5) is 0 Å². The Morgan fingerprint density at radius 2 is 2.17 bits per heavy atom. The number of benzene rings is 1. The lowest BCUT2D eigenvalue weighted by molar-refractivity contribution is 0.276. The lowest BCUT2D eigenvalue weighted by atomic mass is 9.99. The molecule has 1 aromatic carbocycles. The van der Waals surface area contributed by atoms with E-state index in [1.165, 1.54) is 4.57 Å². The number of fused-ring (bicyclic) bond motifs is 1. The number of nitrogens with zero attached hydrogens (tertiary/aromatic N) is 3. The van der Waals surface area contributed by atoms with Gasteiger partial charge >= 0.3 is 5.69 Å². The second-order valence-electron chi connectivity index (χ2n) is 5.85. The normalized spacial score (nSPS) is 11.4. The van der Waals surface area contributed by atoms with Crippen LogP contribution in [0.5, 0.6) is 5.75 Å². The summed E-state index contributed by atoms with van der Waals surface area (Å²) in [6, 6.07) is 5.96. The maximum atomic E-state index is 11.9. The number of aliphatic hydroxyl groups is 1. The predicted octanol–water partition coefficient (Wildman–Crippen LogP) is 1.91. The van der Waals surface area contributed by atoms with Gasteiger partial charge in [0.15, 0.2) is 11.3 Å². The molecule has 0 amide bonds. The van der Waals surface area contributed by atoms with E-state index in [2.05, 4.69) is 28.8 Å². The van der Waals surface area contributed by atoms with Crippen LogP contribution in [0.15, 0.2) is 29.2 Å². The van der Waals surface area contributed by atoms with Crippen LogP contribution in [0.3, 0.4) is 0 Å². The third-order valence-electron chi connectivity index (χ3n) is 3.97. The van der Waals surface area contributed by atoms with Crippen LogP contribution < -0.4 is 10.4 Å². The monoisotopic (exact) mass is 328 g/mol. The van der Waals surface area contributed by atoms with Crippen molar-refractivity contribution < 1.29 is 9.84 Å². The number of methoxy groups -OCH3 is 1. The molecule has 0 radical (unpaired) electrons. The molecule has 126 valence electrons. The maximum absolute atomic E-state index is 11.9. The second kappa shape index (κ2) is 6.45. The van der Waals surface area contributed by atoms with Crippen molar-refractivity contribution in [3.8, 4) is 17.0 Å².